The average molecular weight is 356 g/mol. The lowest BCUT2D eigenvalue weighted by Crippen LogP contribution is -2.22. The molecule has 1 N–H and O–H groups in total. The molecular weight excluding hydrogens is 338 g/mol. The zero-order valence-corrected chi connectivity index (χ0v) is 14.7. The van der Waals surface area contributed by atoms with Crippen LogP contribution in [0.3, 0.4) is 0 Å². The zero-order chi connectivity index (χ0) is 17.8. The van der Waals surface area contributed by atoms with E-state index in [-0.39, 0.29) is 12.5 Å². The summed E-state index contributed by atoms with van der Waals surface area (Å²) in [7, 11) is 0. The van der Waals surface area contributed by atoms with Crippen LogP contribution in [-0.2, 0) is 4.79 Å². The number of ether oxygens (including phenoxy) is 1. The molecule has 0 aliphatic rings. The Balaban J connectivity index is 1.71. The van der Waals surface area contributed by atoms with Crippen molar-refractivity contribution in [2.75, 3.05) is 11.9 Å². The van der Waals surface area contributed by atoms with Crippen LogP contribution in [0.25, 0.3) is 5.69 Å². The van der Waals surface area contributed by atoms with Gasteiger partial charge in [-0.15, -0.1) is 0 Å². The van der Waals surface area contributed by atoms with Crippen LogP contribution in [0.5, 0.6) is 5.75 Å². The third kappa shape index (κ3) is 4.19. The number of hydrogen-bond acceptors (Lipinski definition) is 3. The van der Waals surface area contributed by atoms with E-state index in [0.29, 0.717) is 16.6 Å². The standard InChI is InChI=1S/C19H18ClN3O2/c1-13-5-3-4-6-17(13)23-18(11-14(2)22-23)21-19(24)12-25-16-9-7-15(20)8-10-16/h3-11H,12H2,1-2H3,(H,21,24). The predicted octanol–water partition coefficient (Wildman–Crippen LogP) is 4.16. The number of aromatic nitrogens is 2. The molecule has 1 aromatic heterocycles. The molecule has 0 fully saturated rings. The van der Waals surface area contributed by atoms with E-state index < -0.39 is 0 Å². The highest BCUT2D eigenvalue weighted by Gasteiger charge is 2.12. The predicted molar refractivity (Wildman–Crippen MR) is 98.6 cm³/mol. The van der Waals surface area contributed by atoms with Crippen molar-refractivity contribution in [1.82, 2.24) is 9.78 Å². The molecule has 0 unspecified atom stereocenters. The minimum atomic E-state index is -0.260. The Hall–Kier alpha value is -2.79. The first kappa shape index (κ1) is 17.0. The summed E-state index contributed by atoms with van der Waals surface area (Å²) in [5, 5.41) is 7.94. The number of nitrogens with zero attached hydrogens (tertiary/aromatic N) is 2. The summed E-state index contributed by atoms with van der Waals surface area (Å²) in [6.07, 6.45) is 0. The number of benzene rings is 2. The van der Waals surface area contributed by atoms with Crippen LogP contribution in [-0.4, -0.2) is 22.3 Å². The van der Waals surface area contributed by atoms with Crippen LogP contribution in [0.1, 0.15) is 11.3 Å². The van der Waals surface area contributed by atoms with E-state index in [1.54, 1.807) is 28.9 Å². The first-order valence-electron chi connectivity index (χ1n) is 7.84. The van der Waals surface area contributed by atoms with Gasteiger partial charge in [0.2, 0.25) is 0 Å². The van der Waals surface area contributed by atoms with Gasteiger partial charge in [0.15, 0.2) is 6.61 Å². The Bertz CT molecular complexity index is 888. The molecule has 6 heteroatoms. The van der Waals surface area contributed by atoms with Crippen LogP contribution >= 0.6 is 11.6 Å². The Morgan fingerprint density at radius 2 is 1.88 bits per heavy atom. The van der Waals surface area contributed by atoms with E-state index in [0.717, 1.165) is 16.9 Å². The van der Waals surface area contributed by atoms with Gasteiger partial charge in [0.25, 0.3) is 5.91 Å². The lowest BCUT2D eigenvalue weighted by Gasteiger charge is -2.11. The van der Waals surface area contributed by atoms with Crippen molar-refractivity contribution in [3.63, 3.8) is 0 Å². The van der Waals surface area contributed by atoms with Gasteiger partial charge in [-0.05, 0) is 49.7 Å². The maximum Gasteiger partial charge on any atom is 0.263 e. The first-order valence-corrected chi connectivity index (χ1v) is 8.21. The van der Waals surface area contributed by atoms with E-state index in [1.807, 2.05) is 44.2 Å². The second kappa shape index (κ2) is 7.40. The highest BCUT2D eigenvalue weighted by atomic mass is 35.5. The molecule has 2 aromatic carbocycles. The lowest BCUT2D eigenvalue weighted by atomic mass is 10.2. The number of halogens is 1. The molecule has 0 saturated heterocycles. The van der Waals surface area contributed by atoms with E-state index in [4.69, 9.17) is 16.3 Å². The third-order valence-corrected chi connectivity index (χ3v) is 3.88. The highest BCUT2D eigenvalue weighted by molar-refractivity contribution is 6.30. The molecule has 5 nitrogen and oxygen atoms in total. The molecule has 0 bridgehead atoms. The molecule has 0 atom stereocenters. The van der Waals surface area contributed by atoms with Crippen LogP contribution in [0.15, 0.2) is 54.6 Å². The van der Waals surface area contributed by atoms with Crippen molar-refractivity contribution in [3.05, 3.63) is 70.9 Å². The number of nitrogens with one attached hydrogen (secondary N) is 1. The van der Waals surface area contributed by atoms with Crippen molar-refractivity contribution in [3.8, 4) is 11.4 Å². The summed E-state index contributed by atoms with van der Waals surface area (Å²) < 4.78 is 7.20. The number of aryl methyl sites for hydroxylation is 2. The van der Waals surface area contributed by atoms with Crippen molar-refractivity contribution in [2.45, 2.75) is 13.8 Å². The lowest BCUT2D eigenvalue weighted by molar-refractivity contribution is -0.118. The van der Waals surface area contributed by atoms with Crippen molar-refractivity contribution in [1.29, 1.82) is 0 Å². The summed E-state index contributed by atoms with van der Waals surface area (Å²) in [6.45, 7) is 3.79. The van der Waals surface area contributed by atoms with Gasteiger partial charge in [-0.3, -0.25) is 4.79 Å². The fourth-order valence-electron chi connectivity index (χ4n) is 2.43. The maximum absolute atomic E-state index is 12.2. The largest absolute Gasteiger partial charge is 0.484 e. The fourth-order valence-corrected chi connectivity index (χ4v) is 2.56. The van der Waals surface area contributed by atoms with Gasteiger partial charge >= 0.3 is 0 Å². The fraction of sp³-hybridized carbons (Fsp3) is 0.158. The second-order valence-electron chi connectivity index (χ2n) is 5.66. The maximum atomic E-state index is 12.2. The summed E-state index contributed by atoms with van der Waals surface area (Å²) in [6, 6.07) is 16.6. The Morgan fingerprint density at radius 1 is 1.16 bits per heavy atom. The van der Waals surface area contributed by atoms with E-state index in [9.17, 15) is 4.79 Å². The molecule has 25 heavy (non-hydrogen) atoms. The van der Waals surface area contributed by atoms with Crippen LogP contribution < -0.4 is 10.1 Å². The number of anilines is 1. The number of carbonyl (C=O) groups is 1. The van der Waals surface area contributed by atoms with Crippen LogP contribution in [0.4, 0.5) is 5.82 Å². The Morgan fingerprint density at radius 3 is 2.60 bits per heavy atom. The van der Waals surface area contributed by atoms with Crippen LogP contribution in [0.2, 0.25) is 5.02 Å². The number of rotatable bonds is 5. The average Bonchev–Trinajstić information content (AvgIpc) is 2.95. The van der Waals surface area contributed by atoms with E-state index >= 15 is 0 Å². The number of carbonyl (C=O) groups excluding carboxylic acids is 1. The van der Waals surface area contributed by atoms with Gasteiger partial charge in [0.05, 0.1) is 11.4 Å². The quantitative estimate of drug-likeness (QED) is 0.747. The van der Waals surface area contributed by atoms with Gasteiger partial charge in [-0.1, -0.05) is 29.8 Å². The zero-order valence-electron chi connectivity index (χ0n) is 14.0. The van der Waals surface area contributed by atoms with Crippen molar-refractivity contribution < 1.29 is 9.53 Å². The van der Waals surface area contributed by atoms with Gasteiger partial charge in [-0.25, -0.2) is 4.68 Å². The molecule has 1 amide bonds. The molecule has 0 spiro atoms. The molecule has 3 aromatic rings. The molecule has 128 valence electrons. The molecular formula is C19H18ClN3O2. The SMILES string of the molecule is Cc1cc(NC(=O)COc2ccc(Cl)cc2)n(-c2ccccc2C)n1. The molecule has 1 heterocycles. The molecule has 0 radical (unpaired) electrons. The monoisotopic (exact) mass is 355 g/mol. The van der Waals surface area contributed by atoms with E-state index in [1.165, 1.54) is 0 Å². The van der Waals surface area contributed by atoms with E-state index in [2.05, 4.69) is 10.4 Å². The smallest absolute Gasteiger partial charge is 0.263 e. The molecule has 0 aliphatic heterocycles. The van der Waals surface area contributed by atoms with Crippen molar-refractivity contribution >= 4 is 23.3 Å². The summed E-state index contributed by atoms with van der Waals surface area (Å²) in [5.41, 5.74) is 2.81. The van der Waals surface area contributed by atoms with Gasteiger partial charge < -0.3 is 10.1 Å². The summed E-state index contributed by atoms with van der Waals surface area (Å²) in [5.74, 6) is 0.935. The minimum absolute atomic E-state index is 0.0976. The van der Waals surface area contributed by atoms with Crippen molar-refractivity contribution in [2.24, 2.45) is 0 Å². The van der Waals surface area contributed by atoms with Crippen LogP contribution in [0, 0.1) is 13.8 Å². The topological polar surface area (TPSA) is 56.1 Å². The van der Waals surface area contributed by atoms with Gasteiger partial charge in [0.1, 0.15) is 11.6 Å². The summed E-state index contributed by atoms with van der Waals surface area (Å²) in [4.78, 5) is 12.2. The Kier molecular flexibility index (Phi) is 5.05. The normalized spacial score (nSPS) is 10.5. The number of hydrogen-bond donors (Lipinski definition) is 1. The van der Waals surface area contributed by atoms with Gasteiger partial charge in [-0.2, -0.15) is 5.10 Å². The first-order chi connectivity index (χ1) is 12.0. The minimum Gasteiger partial charge on any atom is -0.484 e. The second-order valence-corrected chi connectivity index (χ2v) is 6.10. The summed E-state index contributed by atoms with van der Waals surface area (Å²) >= 11 is 5.83. The molecule has 0 aliphatic carbocycles. The molecule has 0 saturated carbocycles. The number of amides is 1. The molecule has 3 rings (SSSR count). The van der Waals surface area contributed by atoms with Gasteiger partial charge in [0, 0.05) is 11.1 Å². The third-order valence-electron chi connectivity index (χ3n) is 3.63. The number of para-hydroxylation sites is 1. The Labute approximate surface area is 151 Å². The highest BCUT2D eigenvalue weighted by Crippen LogP contribution is 2.20.